The van der Waals surface area contributed by atoms with E-state index in [9.17, 15) is 14.4 Å². The Bertz CT molecular complexity index is 1600. The molecular weight excluding hydrogens is 514 g/mol. The Labute approximate surface area is 239 Å². The van der Waals surface area contributed by atoms with E-state index in [0.717, 1.165) is 34.2 Å². The second-order valence-corrected chi connectivity index (χ2v) is 10.6. The van der Waals surface area contributed by atoms with Crippen LogP contribution in [-0.2, 0) is 29.0 Å². The summed E-state index contributed by atoms with van der Waals surface area (Å²) in [6.07, 6.45) is 4.75. The summed E-state index contributed by atoms with van der Waals surface area (Å²) in [4.78, 5) is 44.6. The number of hydrogen-bond acceptors (Lipinski definition) is 5. The molecule has 7 heteroatoms. The molecule has 1 fully saturated rings. The van der Waals surface area contributed by atoms with Crippen molar-refractivity contribution in [2.75, 3.05) is 13.7 Å². The Balaban J connectivity index is 1.28. The van der Waals surface area contributed by atoms with Gasteiger partial charge in [-0.15, -0.1) is 0 Å². The van der Waals surface area contributed by atoms with Crippen molar-refractivity contribution in [3.05, 3.63) is 125 Å². The molecule has 1 aromatic heterocycles. The van der Waals surface area contributed by atoms with E-state index in [0.29, 0.717) is 37.2 Å². The molecule has 2 heterocycles. The molecule has 0 saturated heterocycles. The summed E-state index contributed by atoms with van der Waals surface area (Å²) in [6.45, 7) is 1.37. The molecule has 6 rings (SSSR count). The van der Waals surface area contributed by atoms with Gasteiger partial charge in [0.05, 0.1) is 18.2 Å². The van der Waals surface area contributed by atoms with Crippen molar-refractivity contribution < 1.29 is 19.1 Å². The summed E-state index contributed by atoms with van der Waals surface area (Å²) in [5.74, 6) is -0.149. The number of nitrogens with one attached hydrogen (secondary N) is 1. The maximum Gasteiger partial charge on any atom is 0.337 e. The van der Waals surface area contributed by atoms with E-state index >= 15 is 0 Å². The zero-order chi connectivity index (χ0) is 28.3. The van der Waals surface area contributed by atoms with Gasteiger partial charge in [0.15, 0.2) is 0 Å². The quantitative estimate of drug-likeness (QED) is 0.325. The van der Waals surface area contributed by atoms with Crippen LogP contribution in [-0.4, -0.2) is 41.3 Å². The first-order chi connectivity index (χ1) is 20.0. The summed E-state index contributed by atoms with van der Waals surface area (Å²) < 4.78 is 4.93. The van der Waals surface area contributed by atoms with E-state index < -0.39 is 0 Å². The minimum absolute atomic E-state index is 0.0165. The first kappa shape index (κ1) is 26.4. The van der Waals surface area contributed by atoms with Gasteiger partial charge >= 0.3 is 5.97 Å². The molecular formula is C34H31N3O4. The minimum atomic E-state index is -0.387. The summed E-state index contributed by atoms with van der Waals surface area (Å²) >= 11 is 0. The number of aromatic nitrogens is 1. The topological polar surface area (TPSA) is 88.6 Å². The van der Waals surface area contributed by atoms with Crippen molar-refractivity contribution >= 4 is 17.8 Å². The van der Waals surface area contributed by atoms with Crippen molar-refractivity contribution in [1.29, 1.82) is 0 Å². The highest BCUT2D eigenvalue weighted by molar-refractivity contribution is 5.94. The normalized spacial score (nSPS) is 17.3. The summed E-state index contributed by atoms with van der Waals surface area (Å²) in [7, 11) is 1.37. The fourth-order valence-electron chi connectivity index (χ4n) is 5.82. The number of carbonyl (C=O) groups is 3. The van der Waals surface area contributed by atoms with Gasteiger partial charge < -0.3 is 15.0 Å². The predicted octanol–water partition coefficient (Wildman–Crippen LogP) is 5.15. The van der Waals surface area contributed by atoms with Crippen molar-refractivity contribution in [1.82, 2.24) is 15.2 Å². The molecule has 1 N–H and O–H groups in total. The maximum absolute atomic E-state index is 13.3. The standard InChI is InChI=1S/C34H31N3O4/c1-41-34(40)24-10-5-9-23(17-24)27-13-12-25(20-36-32(38)30-18-29(30)22-7-3-2-4-8-22)31-21-37(16-14-28(27)31)33(39)26-11-6-15-35-19-26/h2-13,15,17,19,29-30H,14,16,18,20-21H2,1H3,(H,36,38). The molecule has 206 valence electrons. The molecule has 2 atom stereocenters. The SMILES string of the molecule is COC(=O)c1cccc(-c2ccc(CNC(=O)C3CC3c3ccccc3)c3c2CCN(C(=O)c2cccnc2)C3)c1. The molecule has 2 aliphatic rings. The average molecular weight is 546 g/mol. The Morgan fingerprint density at radius 2 is 1.78 bits per heavy atom. The first-order valence-electron chi connectivity index (χ1n) is 13.9. The first-order valence-corrected chi connectivity index (χ1v) is 13.9. The van der Waals surface area contributed by atoms with Crippen LogP contribution >= 0.6 is 0 Å². The highest BCUT2D eigenvalue weighted by Gasteiger charge is 2.43. The molecule has 0 radical (unpaired) electrons. The molecule has 1 saturated carbocycles. The third-order valence-electron chi connectivity index (χ3n) is 8.11. The number of benzene rings is 3. The van der Waals surface area contributed by atoms with Gasteiger partial charge in [0.1, 0.15) is 0 Å². The molecule has 4 aromatic rings. The molecule has 7 nitrogen and oxygen atoms in total. The molecule has 0 bridgehead atoms. The monoisotopic (exact) mass is 545 g/mol. The third kappa shape index (κ3) is 5.48. The molecule has 2 unspecified atom stereocenters. The highest BCUT2D eigenvalue weighted by Crippen LogP contribution is 2.47. The number of amides is 2. The van der Waals surface area contributed by atoms with Crippen molar-refractivity contribution in [3.8, 4) is 11.1 Å². The number of fused-ring (bicyclic) bond motifs is 1. The second kappa shape index (κ2) is 11.4. The minimum Gasteiger partial charge on any atom is -0.465 e. The largest absolute Gasteiger partial charge is 0.465 e. The van der Waals surface area contributed by atoms with Gasteiger partial charge in [-0.25, -0.2) is 4.79 Å². The van der Waals surface area contributed by atoms with Crippen LogP contribution in [0.5, 0.6) is 0 Å². The molecule has 41 heavy (non-hydrogen) atoms. The third-order valence-corrected chi connectivity index (χ3v) is 8.11. The van der Waals surface area contributed by atoms with Crippen LogP contribution in [0.15, 0.2) is 91.3 Å². The van der Waals surface area contributed by atoms with Crippen LogP contribution in [0.4, 0.5) is 0 Å². The molecule has 1 aliphatic heterocycles. The average Bonchev–Trinajstić information content (AvgIpc) is 3.85. The lowest BCUT2D eigenvalue weighted by atomic mass is 9.87. The van der Waals surface area contributed by atoms with Crippen molar-refractivity contribution in [2.45, 2.75) is 31.8 Å². The highest BCUT2D eigenvalue weighted by atomic mass is 16.5. The van der Waals surface area contributed by atoms with Gasteiger partial charge in [0, 0.05) is 37.9 Å². The van der Waals surface area contributed by atoms with Gasteiger partial charge in [0.25, 0.3) is 5.91 Å². The van der Waals surface area contributed by atoms with Crippen LogP contribution in [0.25, 0.3) is 11.1 Å². The van der Waals surface area contributed by atoms with E-state index in [1.807, 2.05) is 47.4 Å². The summed E-state index contributed by atoms with van der Waals surface area (Å²) in [5.41, 5.74) is 7.31. The van der Waals surface area contributed by atoms with E-state index in [1.54, 1.807) is 30.6 Å². The molecule has 1 aliphatic carbocycles. The number of rotatable bonds is 7. The Hall–Kier alpha value is -4.78. The molecule has 2 amide bonds. The number of pyridine rings is 1. The lowest BCUT2D eigenvalue weighted by Crippen LogP contribution is -2.37. The maximum atomic E-state index is 13.3. The zero-order valence-corrected chi connectivity index (χ0v) is 22.9. The van der Waals surface area contributed by atoms with Crippen LogP contribution in [0, 0.1) is 5.92 Å². The molecule has 3 aromatic carbocycles. The van der Waals surface area contributed by atoms with E-state index in [-0.39, 0.29) is 29.6 Å². The zero-order valence-electron chi connectivity index (χ0n) is 22.9. The smallest absolute Gasteiger partial charge is 0.337 e. The van der Waals surface area contributed by atoms with Gasteiger partial charge in [-0.2, -0.15) is 0 Å². The van der Waals surface area contributed by atoms with Crippen molar-refractivity contribution in [2.24, 2.45) is 5.92 Å². The van der Waals surface area contributed by atoms with Gasteiger partial charge in [-0.05, 0) is 76.4 Å². The summed E-state index contributed by atoms with van der Waals surface area (Å²) in [5, 5.41) is 3.16. The second-order valence-electron chi connectivity index (χ2n) is 10.6. The van der Waals surface area contributed by atoms with Crippen LogP contribution in [0.1, 0.15) is 55.3 Å². The van der Waals surface area contributed by atoms with Gasteiger partial charge in [-0.3, -0.25) is 14.6 Å². The number of nitrogens with zero attached hydrogens (tertiary/aromatic N) is 2. The van der Waals surface area contributed by atoms with E-state index in [2.05, 4.69) is 28.5 Å². The Morgan fingerprint density at radius 1 is 0.951 bits per heavy atom. The Morgan fingerprint density at radius 3 is 2.56 bits per heavy atom. The van der Waals surface area contributed by atoms with Crippen LogP contribution < -0.4 is 5.32 Å². The van der Waals surface area contributed by atoms with Crippen molar-refractivity contribution in [3.63, 3.8) is 0 Å². The number of ether oxygens (including phenoxy) is 1. The lowest BCUT2D eigenvalue weighted by molar-refractivity contribution is -0.122. The predicted molar refractivity (Wildman–Crippen MR) is 155 cm³/mol. The molecule has 0 spiro atoms. The lowest BCUT2D eigenvalue weighted by Gasteiger charge is -2.32. The fraction of sp³-hybridized carbons (Fsp3) is 0.235. The number of carbonyl (C=O) groups excluding carboxylic acids is 3. The Kier molecular flexibility index (Phi) is 7.33. The number of hydrogen-bond donors (Lipinski definition) is 1. The van der Waals surface area contributed by atoms with Gasteiger partial charge in [-0.1, -0.05) is 54.6 Å². The van der Waals surface area contributed by atoms with E-state index in [1.165, 1.54) is 12.7 Å². The van der Waals surface area contributed by atoms with Gasteiger partial charge in [0.2, 0.25) is 5.91 Å². The fourth-order valence-corrected chi connectivity index (χ4v) is 5.82. The van der Waals surface area contributed by atoms with Crippen LogP contribution in [0.3, 0.4) is 0 Å². The van der Waals surface area contributed by atoms with E-state index in [4.69, 9.17) is 4.74 Å². The summed E-state index contributed by atoms with van der Waals surface area (Å²) in [6, 6.07) is 25.2. The van der Waals surface area contributed by atoms with Crippen LogP contribution in [0.2, 0.25) is 0 Å². The number of methoxy groups -OCH3 is 1. The number of esters is 1.